The lowest BCUT2D eigenvalue weighted by atomic mass is 10.1. The number of rotatable bonds is 5. The first-order chi connectivity index (χ1) is 9.99. The van der Waals surface area contributed by atoms with Crippen LogP contribution in [0, 0.1) is 5.92 Å². The first-order valence-corrected chi connectivity index (χ1v) is 7.52. The van der Waals surface area contributed by atoms with Gasteiger partial charge in [-0.25, -0.2) is 0 Å². The van der Waals surface area contributed by atoms with Gasteiger partial charge in [0.05, 0.1) is 5.69 Å². The van der Waals surface area contributed by atoms with E-state index in [9.17, 15) is 4.79 Å². The molecule has 0 aliphatic carbocycles. The van der Waals surface area contributed by atoms with E-state index in [0.29, 0.717) is 17.5 Å². The van der Waals surface area contributed by atoms with Crippen LogP contribution < -0.4 is 10.9 Å². The minimum absolute atomic E-state index is 0.0405. The highest BCUT2D eigenvalue weighted by atomic mass is 35.5. The van der Waals surface area contributed by atoms with E-state index in [0.717, 1.165) is 23.4 Å². The van der Waals surface area contributed by atoms with E-state index < -0.39 is 0 Å². The van der Waals surface area contributed by atoms with E-state index in [-0.39, 0.29) is 5.56 Å². The molecule has 2 rings (SSSR count). The topological polar surface area (TPSA) is 34.0 Å². The molecule has 0 saturated heterocycles. The smallest absolute Gasteiger partial charge is 0.255 e. The van der Waals surface area contributed by atoms with Crippen molar-refractivity contribution in [2.24, 2.45) is 13.0 Å². The Balaban J connectivity index is 2.25. The maximum Gasteiger partial charge on any atom is 0.255 e. The summed E-state index contributed by atoms with van der Waals surface area (Å²) >= 11 is 5.90. The molecular weight excluding hydrogens is 284 g/mol. The van der Waals surface area contributed by atoms with Crippen molar-refractivity contribution in [3.8, 4) is 11.3 Å². The second kappa shape index (κ2) is 6.92. The van der Waals surface area contributed by atoms with Gasteiger partial charge in [0.25, 0.3) is 5.56 Å². The van der Waals surface area contributed by atoms with Crippen LogP contribution in [0.3, 0.4) is 0 Å². The van der Waals surface area contributed by atoms with Gasteiger partial charge >= 0.3 is 0 Å². The van der Waals surface area contributed by atoms with E-state index in [2.05, 4.69) is 19.2 Å². The van der Waals surface area contributed by atoms with Crippen molar-refractivity contribution in [2.75, 3.05) is 6.54 Å². The maximum absolute atomic E-state index is 12.4. The largest absolute Gasteiger partial charge is 0.312 e. The number of hydrogen-bond acceptors (Lipinski definition) is 2. The van der Waals surface area contributed by atoms with Crippen LogP contribution in [0.4, 0.5) is 0 Å². The van der Waals surface area contributed by atoms with Crippen LogP contribution >= 0.6 is 11.6 Å². The average Bonchev–Trinajstić information content (AvgIpc) is 2.45. The third-order valence-electron chi connectivity index (χ3n) is 3.39. The van der Waals surface area contributed by atoms with Crippen molar-refractivity contribution in [1.29, 1.82) is 0 Å². The molecule has 112 valence electrons. The third-order valence-corrected chi connectivity index (χ3v) is 3.64. The van der Waals surface area contributed by atoms with Crippen LogP contribution in [0.25, 0.3) is 11.3 Å². The minimum Gasteiger partial charge on any atom is -0.312 e. The standard InChI is InChI=1S/C17H21ClN2O/c1-12(2)10-19-11-14-6-9-16(20(3)17(14)21)13-4-7-15(18)8-5-13/h4-9,12,19H,10-11H2,1-3H3. The summed E-state index contributed by atoms with van der Waals surface area (Å²) < 4.78 is 1.69. The molecule has 0 radical (unpaired) electrons. The van der Waals surface area contributed by atoms with Crippen LogP contribution in [-0.2, 0) is 13.6 Å². The highest BCUT2D eigenvalue weighted by Crippen LogP contribution is 2.20. The van der Waals surface area contributed by atoms with Gasteiger partial charge in [0.15, 0.2) is 0 Å². The lowest BCUT2D eigenvalue weighted by Gasteiger charge is -2.12. The van der Waals surface area contributed by atoms with Gasteiger partial charge in [-0.1, -0.05) is 43.6 Å². The molecule has 2 aromatic rings. The number of aromatic nitrogens is 1. The normalized spacial score (nSPS) is 11.1. The molecule has 0 saturated carbocycles. The van der Waals surface area contributed by atoms with E-state index in [1.807, 2.05) is 36.4 Å². The van der Waals surface area contributed by atoms with Crippen LogP contribution in [0.15, 0.2) is 41.2 Å². The summed E-state index contributed by atoms with van der Waals surface area (Å²) in [7, 11) is 1.80. The Hall–Kier alpha value is -1.58. The SMILES string of the molecule is CC(C)CNCc1ccc(-c2ccc(Cl)cc2)n(C)c1=O. The highest BCUT2D eigenvalue weighted by molar-refractivity contribution is 6.30. The predicted molar refractivity (Wildman–Crippen MR) is 88.7 cm³/mol. The van der Waals surface area contributed by atoms with E-state index in [1.54, 1.807) is 11.6 Å². The van der Waals surface area contributed by atoms with Crippen LogP contribution in [0.1, 0.15) is 19.4 Å². The van der Waals surface area contributed by atoms with E-state index >= 15 is 0 Å². The molecule has 0 unspecified atom stereocenters. The summed E-state index contributed by atoms with van der Waals surface area (Å²) in [6, 6.07) is 11.4. The zero-order valence-electron chi connectivity index (χ0n) is 12.7. The second-order valence-corrected chi connectivity index (χ2v) is 6.08. The Morgan fingerprint density at radius 2 is 1.81 bits per heavy atom. The highest BCUT2D eigenvalue weighted by Gasteiger charge is 2.07. The Morgan fingerprint density at radius 3 is 2.43 bits per heavy atom. The minimum atomic E-state index is 0.0405. The molecule has 0 atom stereocenters. The average molecular weight is 305 g/mol. The number of hydrogen-bond donors (Lipinski definition) is 1. The van der Waals surface area contributed by atoms with Crippen LogP contribution in [0.2, 0.25) is 5.02 Å². The number of nitrogens with zero attached hydrogens (tertiary/aromatic N) is 1. The number of benzene rings is 1. The Labute approximate surface area is 130 Å². The van der Waals surface area contributed by atoms with E-state index in [1.165, 1.54) is 0 Å². The summed E-state index contributed by atoms with van der Waals surface area (Å²) in [5.41, 5.74) is 2.71. The van der Waals surface area contributed by atoms with Crippen molar-refractivity contribution in [3.63, 3.8) is 0 Å². The maximum atomic E-state index is 12.4. The van der Waals surface area contributed by atoms with Crippen molar-refractivity contribution >= 4 is 11.6 Å². The first kappa shape index (κ1) is 15.8. The molecule has 1 N–H and O–H groups in total. The molecule has 0 aliphatic heterocycles. The zero-order valence-corrected chi connectivity index (χ0v) is 13.4. The second-order valence-electron chi connectivity index (χ2n) is 5.64. The lowest BCUT2D eigenvalue weighted by Crippen LogP contribution is -2.27. The predicted octanol–water partition coefficient (Wildman–Crippen LogP) is 3.45. The molecule has 0 spiro atoms. The lowest BCUT2D eigenvalue weighted by molar-refractivity contribution is 0.549. The van der Waals surface area contributed by atoms with Gasteiger partial charge in [0.2, 0.25) is 0 Å². The third kappa shape index (κ3) is 3.96. The molecule has 0 aliphatic rings. The van der Waals surface area contributed by atoms with Crippen LogP contribution in [0.5, 0.6) is 0 Å². The molecule has 1 aromatic heterocycles. The van der Waals surface area contributed by atoms with Crippen molar-refractivity contribution < 1.29 is 0 Å². The van der Waals surface area contributed by atoms with Gasteiger partial charge in [0, 0.05) is 24.2 Å². The Bertz CT molecular complexity index is 659. The Morgan fingerprint density at radius 1 is 1.14 bits per heavy atom. The molecule has 0 bridgehead atoms. The summed E-state index contributed by atoms with van der Waals surface area (Å²) in [6.07, 6.45) is 0. The molecule has 4 heteroatoms. The number of halogens is 1. The first-order valence-electron chi connectivity index (χ1n) is 7.14. The number of pyridine rings is 1. The van der Waals surface area contributed by atoms with Crippen LogP contribution in [-0.4, -0.2) is 11.1 Å². The quantitative estimate of drug-likeness (QED) is 0.918. The van der Waals surface area contributed by atoms with Gasteiger partial charge in [-0.3, -0.25) is 4.79 Å². The fraction of sp³-hybridized carbons (Fsp3) is 0.353. The van der Waals surface area contributed by atoms with Gasteiger partial charge < -0.3 is 9.88 Å². The van der Waals surface area contributed by atoms with E-state index in [4.69, 9.17) is 11.6 Å². The van der Waals surface area contributed by atoms with Crippen molar-refractivity contribution in [3.05, 3.63) is 57.3 Å². The summed E-state index contributed by atoms with van der Waals surface area (Å²) in [6.45, 7) is 5.80. The monoisotopic (exact) mass is 304 g/mol. The van der Waals surface area contributed by atoms with Gasteiger partial charge in [-0.05, 0) is 36.2 Å². The molecule has 0 fully saturated rings. The molecule has 0 amide bonds. The van der Waals surface area contributed by atoms with Crippen molar-refractivity contribution in [2.45, 2.75) is 20.4 Å². The molecular formula is C17H21ClN2O. The van der Waals surface area contributed by atoms with Crippen molar-refractivity contribution in [1.82, 2.24) is 9.88 Å². The fourth-order valence-electron chi connectivity index (χ4n) is 2.23. The molecule has 1 aromatic carbocycles. The molecule has 1 heterocycles. The summed E-state index contributed by atoms with van der Waals surface area (Å²) in [4.78, 5) is 12.4. The van der Waals surface area contributed by atoms with Gasteiger partial charge in [-0.2, -0.15) is 0 Å². The molecule has 3 nitrogen and oxygen atoms in total. The summed E-state index contributed by atoms with van der Waals surface area (Å²) in [5.74, 6) is 0.571. The van der Waals surface area contributed by atoms with Gasteiger partial charge in [-0.15, -0.1) is 0 Å². The zero-order chi connectivity index (χ0) is 15.4. The molecule has 21 heavy (non-hydrogen) atoms. The Kier molecular flexibility index (Phi) is 5.21. The van der Waals surface area contributed by atoms with Gasteiger partial charge in [0.1, 0.15) is 0 Å². The summed E-state index contributed by atoms with van der Waals surface area (Å²) in [5, 5.41) is 4.00. The number of nitrogens with one attached hydrogen (secondary N) is 1. The fourth-order valence-corrected chi connectivity index (χ4v) is 2.35.